The van der Waals surface area contributed by atoms with Crippen LogP contribution >= 0.6 is 12.4 Å². The number of para-hydroxylation sites is 1. The van der Waals surface area contributed by atoms with E-state index in [0.29, 0.717) is 0 Å². The topological polar surface area (TPSA) is 44.8 Å². The molecule has 0 aliphatic carbocycles. The standard InChI is InChI=1S/C18H27N3O2.ClH/c1-15-4-2-3-5-17(15)20-10-12-21(13-11-20)18(22)14-23-16-6-8-19-9-7-16;/h2-5,16,19H,6-14H2,1H3;1H. The number of carbonyl (C=O) groups excluding carboxylic acids is 1. The number of benzene rings is 1. The number of carbonyl (C=O) groups is 1. The Morgan fingerprint density at radius 2 is 1.83 bits per heavy atom. The second-order valence-electron chi connectivity index (χ2n) is 6.41. The van der Waals surface area contributed by atoms with Gasteiger partial charge in [-0.1, -0.05) is 18.2 Å². The van der Waals surface area contributed by atoms with Crippen molar-refractivity contribution in [1.29, 1.82) is 0 Å². The van der Waals surface area contributed by atoms with Gasteiger partial charge < -0.3 is 19.9 Å². The minimum absolute atomic E-state index is 0. The number of piperazine rings is 1. The van der Waals surface area contributed by atoms with E-state index in [1.807, 2.05) is 4.90 Å². The Hall–Kier alpha value is -1.30. The summed E-state index contributed by atoms with van der Waals surface area (Å²) in [5.41, 5.74) is 2.58. The van der Waals surface area contributed by atoms with Gasteiger partial charge in [0.1, 0.15) is 6.61 Å². The van der Waals surface area contributed by atoms with E-state index in [-0.39, 0.29) is 31.0 Å². The zero-order valence-corrected chi connectivity index (χ0v) is 15.2. The van der Waals surface area contributed by atoms with E-state index in [0.717, 1.165) is 52.1 Å². The molecule has 2 fully saturated rings. The Morgan fingerprint density at radius 1 is 1.17 bits per heavy atom. The first-order valence-electron chi connectivity index (χ1n) is 8.65. The Bertz CT molecular complexity index is 527. The lowest BCUT2D eigenvalue weighted by Gasteiger charge is -2.37. The predicted molar refractivity (Wildman–Crippen MR) is 99.1 cm³/mol. The van der Waals surface area contributed by atoms with Crippen LogP contribution in [0.3, 0.4) is 0 Å². The van der Waals surface area contributed by atoms with E-state index < -0.39 is 0 Å². The third kappa shape index (κ3) is 4.85. The number of anilines is 1. The fourth-order valence-corrected chi connectivity index (χ4v) is 3.36. The number of hydrogen-bond donors (Lipinski definition) is 1. The highest BCUT2D eigenvalue weighted by Gasteiger charge is 2.23. The molecule has 1 amide bonds. The number of hydrogen-bond acceptors (Lipinski definition) is 4. The summed E-state index contributed by atoms with van der Waals surface area (Å²) in [5.74, 6) is 0.132. The molecule has 1 aromatic carbocycles. The highest BCUT2D eigenvalue weighted by molar-refractivity contribution is 5.85. The molecular formula is C18H28ClN3O2. The average Bonchev–Trinajstić information content (AvgIpc) is 2.61. The molecule has 2 heterocycles. The lowest BCUT2D eigenvalue weighted by Crippen LogP contribution is -2.50. The lowest BCUT2D eigenvalue weighted by molar-refractivity contribution is -0.139. The van der Waals surface area contributed by atoms with Crippen LogP contribution in [-0.2, 0) is 9.53 Å². The van der Waals surface area contributed by atoms with Crippen molar-refractivity contribution in [3.8, 4) is 0 Å². The molecule has 0 spiro atoms. The van der Waals surface area contributed by atoms with Crippen LogP contribution in [0.25, 0.3) is 0 Å². The third-order valence-corrected chi connectivity index (χ3v) is 4.82. The van der Waals surface area contributed by atoms with E-state index in [1.54, 1.807) is 0 Å². The summed E-state index contributed by atoms with van der Waals surface area (Å²) in [6, 6.07) is 8.44. The van der Waals surface area contributed by atoms with Gasteiger partial charge in [-0.15, -0.1) is 12.4 Å². The average molecular weight is 354 g/mol. The van der Waals surface area contributed by atoms with Crippen LogP contribution in [0.5, 0.6) is 0 Å². The summed E-state index contributed by atoms with van der Waals surface area (Å²) in [6.45, 7) is 7.70. The van der Waals surface area contributed by atoms with Gasteiger partial charge >= 0.3 is 0 Å². The Morgan fingerprint density at radius 3 is 2.50 bits per heavy atom. The Kier molecular flexibility index (Phi) is 7.34. The molecule has 0 unspecified atom stereocenters. The van der Waals surface area contributed by atoms with E-state index in [1.165, 1.54) is 11.3 Å². The summed E-state index contributed by atoms with van der Waals surface area (Å²) in [6.07, 6.45) is 2.26. The second kappa shape index (κ2) is 9.25. The van der Waals surface area contributed by atoms with Crippen molar-refractivity contribution in [3.63, 3.8) is 0 Å². The van der Waals surface area contributed by atoms with Crippen LogP contribution in [0.4, 0.5) is 5.69 Å². The monoisotopic (exact) mass is 353 g/mol. The first-order valence-corrected chi connectivity index (χ1v) is 8.65. The first kappa shape index (κ1) is 19.0. The maximum absolute atomic E-state index is 12.3. The maximum Gasteiger partial charge on any atom is 0.248 e. The van der Waals surface area contributed by atoms with Gasteiger partial charge in [-0.25, -0.2) is 0 Å². The third-order valence-electron chi connectivity index (χ3n) is 4.82. The number of nitrogens with zero attached hydrogens (tertiary/aromatic N) is 2. The summed E-state index contributed by atoms with van der Waals surface area (Å²) in [7, 11) is 0. The summed E-state index contributed by atoms with van der Waals surface area (Å²) in [5, 5.41) is 3.31. The molecule has 1 aromatic rings. The quantitative estimate of drug-likeness (QED) is 0.897. The number of piperidine rings is 1. The van der Waals surface area contributed by atoms with E-state index in [4.69, 9.17) is 4.74 Å². The molecule has 6 heteroatoms. The van der Waals surface area contributed by atoms with Gasteiger partial charge in [-0.3, -0.25) is 4.79 Å². The zero-order valence-electron chi connectivity index (χ0n) is 14.4. The molecule has 2 aliphatic rings. The zero-order chi connectivity index (χ0) is 16.1. The molecule has 134 valence electrons. The van der Waals surface area contributed by atoms with Crippen LogP contribution in [0, 0.1) is 6.92 Å². The molecule has 0 aromatic heterocycles. The van der Waals surface area contributed by atoms with Gasteiger partial charge in [0.15, 0.2) is 0 Å². The van der Waals surface area contributed by atoms with Crippen molar-refractivity contribution < 1.29 is 9.53 Å². The number of rotatable bonds is 4. The lowest BCUT2D eigenvalue weighted by atomic mass is 10.1. The largest absolute Gasteiger partial charge is 0.368 e. The summed E-state index contributed by atoms with van der Waals surface area (Å²) < 4.78 is 5.78. The second-order valence-corrected chi connectivity index (χ2v) is 6.41. The maximum atomic E-state index is 12.3. The van der Waals surface area contributed by atoms with Crippen molar-refractivity contribution in [2.45, 2.75) is 25.9 Å². The number of ether oxygens (including phenoxy) is 1. The summed E-state index contributed by atoms with van der Waals surface area (Å²) >= 11 is 0. The normalized spacial score (nSPS) is 19.0. The van der Waals surface area contributed by atoms with Crippen molar-refractivity contribution in [3.05, 3.63) is 29.8 Å². The molecular weight excluding hydrogens is 326 g/mol. The molecule has 24 heavy (non-hydrogen) atoms. The molecule has 2 aliphatic heterocycles. The highest BCUT2D eigenvalue weighted by atomic mass is 35.5. The predicted octanol–water partition coefficient (Wildman–Crippen LogP) is 1.83. The fourth-order valence-electron chi connectivity index (χ4n) is 3.36. The van der Waals surface area contributed by atoms with Crippen LogP contribution < -0.4 is 10.2 Å². The molecule has 1 N–H and O–H groups in total. The number of nitrogens with one attached hydrogen (secondary N) is 1. The fraction of sp³-hybridized carbons (Fsp3) is 0.611. The van der Waals surface area contributed by atoms with Gasteiger partial charge in [0, 0.05) is 31.9 Å². The van der Waals surface area contributed by atoms with Crippen molar-refractivity contribution in [2.24, 2.45) is 0 Å². The molecule has 0 bridgehead atoms. The van der Waals surface area contributed by atoms with Crippen molar-refractivity contribution in [1.82, 2.24) is 10.2 Å². The highest BCUT2D eigenvalue weighted by Crippen LogP contribution is 2.20. The Balaban J connectivity index is 0.00000208. The number of aryl methyl sites for hydroxylation is 1. The van der Waals surface area contributed by atoms with Gasteiger partial charge in [0.25, 0.3) is 0 Å². The van der Waals surface area contributed by atoms with Gasteiger partial charge in [-0.05, 0) is 44.5 Å². The van der Waals surface area contributed by atoms with Crippen molar-refractivity contribution in [2.75, 3.05) is 50.8 Å². The minimum atomic E-state index is 0. The number of halogens is 1. The molecule has 2 saturated heterocycles. The minimum Gasteiger partial charge on any atom is -0.368 e. The first-order chi connectivity index (χ1) is 11.2. The Labute approximate surface area is 150 Å². The molecule has 0 atom stereocenters. The van der Waals surface area contributed by atoms with E-state index >= 15 is 0 Å². The molecule has 3 rings (SSSR count). The van der Waals surface area contributed by atoms with Crippen molar-refractivity contribution >= 4 is 24.0 Å². The number of amides is 1. The van der Waals surface area contributed by atoms with Gasteiger partial charge in [-0.2, -0.15) is 0 Å². The van der Waals surface area contributed by atoms with Gasteiger partial charge in [0.2, 0.25) is 5.91 Å². The molecule has 5 nitrogen and oxygen atoms in total. The summed E-state index contributed by atoms with van der Waals surface area (Å²) in [4.78, 5) is 16.6. The van der Waals surface area contributed by atoms with Crippen LogP contribution in [0.15, 0.2) is 24.3 Å². The van der Waals surface area contributed by atoms with Crippen LogP contribution in [0.2, 0.25) is 0 Å². The molecule has 0 saturated carbocycles. The van der Waals surface area contributed by atoms with E-state index in [2.05, 4.69) is 41.4 Å². The van der Waals surface area contributed by atoms with Crippen LogP contribution in [0.1, 0.15) is 18.4 Å². The SMILES string of the molecule is Cc1ccccc1N1CCN(C(=O)COC2CCNCC2)CC1.Cl. The van der Waals surface area contributed by atoms with E-state index in [9.17, 15) is 4.79 Å². The molecule has 0 radical (unpaired) electrons. The smallest absolute Gasteiger partial charge is 0.248 e. The van der Waals surface area contributed by atoms with Gasteiger partial charge in [0.05, 0.1) is 6.10 Å². The van der Waals surface area contributed by atoms with Crippen LogP contribution in [-0.4, -0.2) is 62.8 Å².